The summed E-state index contributed by atoms with van der Waals surface area (Å²) in [6.07, 6.45) is 2.70. The van der Waals surface area contributed by atoms with Crippen LogP contribution in [0.5, 0.6) is 0 Å². The van der Waals surface area contributed by atoms with Crippen LogP contribution >= 0.6 is 15.9 Å². The van der Waals surface area contributed by atoms with Crippen LogP contribution in [0.1, 0.15) is 24.8 Å². The average molecular weight is 348 g/mol. The zero-order chi connectivity index (χ0) is 13.9. The SMILES string of the molecule is Cc1cc(Br)ccc1NS(=O)(=O)CC1CCCCO1. The number of halogens is 1. The molecule has 0 amide bonds. The third-order valence-corrected chi connectivity index (χ3v) is 4.97. The topological polar surface area (TPSA) is 55.4 Å². The summed E-state index contributed by atoms with van der Waals surface area (Å²) in [5.74, 6) is 0.0303. The molecule has 0 aliphatic carbocycles. The number of ether oxygens (including phenoxy) is 1. The van der Waals surface area contributed by atoms with Crippen LogP contribution in [0.2, 0.25) is 0 Å². The van der Waals surface area contributed by atoms with E-state index in [-0.39, 0.29) is 11.9 Å². The van der Waals surface area contributed by atoms with Gasteiger partial charge in [-0.3, -0.25) is 4.72 Å². The third kappa shape index (κ3) is 4.47. The molecule has 1 saturated heterocycles. The number of aryl methyl sites for hydroxylation is 1. The monoisotopic (exact) mass is 347 g/mol. The Bertz CT molecular complexity index is 539. The van der Waals surface area contributed by atoms with E-state index in [0.717, 1.165) is 29.3 Å². The van der Waals surface area contributed by atoms with Gasteiger partial charge in [-0.15, -0.1) is 0 Å². The van der Waals surface area contributed by atoms with E-state index in [0.29, 0.717) is 12.3 Å². The standard InChI is InChI=1S/C13H18BrNO3S/c1-10-8-11(14)5-6-13(10)15-19(16,17)9-12-4-2-3-7-18-12/h5-6,8,12,15H,2-4,7,9H2,1H3. The second-order valence-corrected chi connectivity index (χ2v) is 7.51. The van der Waals surface area contributed by atoms with Crippen LogP contribution in [-0.4, -0.2) is 26.9 Å². The van der Waals surface area contributed by atoms with Gasteiger partial charge in [-0.1, -0.05) is 15.9 Å². The van der Waals surface area contributed by atoms with Crippen molar-refractivity contribution in [2.75, 3.05) is 17.1 Å². The minimum Gasteiger partial charge on any atom is -0.377 e. The van der Waals surface area contributed by atoms with Gasteiger partial charge < -0.3 is 4.74 Å². The van der Waals surface area contributed by atoms with Gasteiger partial charge in [0.25, 0.3) is 0 Å². The molecule has 6 heteroatoms. The predicted molar refractivity (Wildman–Crippen MR) is 79.9 cm³/mol. The van der Waals surface area contributed by atoms with Gasteiger partial charge in [0.1, 0.15) is 0 Å². The van der Waals surface area contributed by atoms with E-state index in [1.54, 1.807) is 6.07 Å². The van der Waals surface area contributed by atoms with Gasteiger partial charge in [0.2, 0.25) is 10.0 Å². The molecule has 1 aliphatic rings. The first-order valence-electron chi connectivity index (χ1n) is 6.34. The number of hydrogen-bond donors (Lipinski definition) is 1. The molecule has 1 aromatic rings. The smallest absolute Gasteiger partial charge is 0.235 e. The molecular weight excluding hydrogens is 330 g/mol. The number of rotatable bonds is 4. The molecule has 1 aromatic carbocycles. The number of nitrogens with one attached hydrogen (secondary N) is 1. The van der Waals surface area contributed by atoms with Crippen LogP contribution in [-0.2, 0) is 14.8 Å². The average Bonchev–Trinajstić information content (AvgIpc) is 2.33. The van der Waals surface area contributed by atoms with E-state index in [9.17, 15) is 8.42 Å². The second-order valence-electron chi connectivity index (χ2n) is 4.83. The fourth-order valence-corrected chi connectivity index (χ4v) is 4.01. The normalized spacial score (nSPS) is 20.2. The largest absolute Gasteiger partial charge is 0.377 e. The molecule has 4 nitrogen and oxygen atoms in total. The summed E-state index contributed by atoms with van der Waals surface area (Å²) in [6, 6.07) is 5.47. The Morgan fingerprint density at radius 2 is 2.21 bits per heavy atom. The van der Waals surface area contributed by atoms with Gasteiger partial charge in [-0.2, -0.15) is 0 Å². The van der Waals surface area contributed by atoms with Crippen LogP contribution in [0, 0.1) is 6.92 Å². The molecule has 1 unspecified atom stereocenters. The highest BCUT2D eigenvalue weighted by Gasteiger charge is 2.22. The molecule has 1 aliphatic heterocycles. The molecule has 0 aromatic heterocycles. The first-order chi connectivity index (χ1) is 8.96. The van der Waals surface area contributed by atoms with Crippen molar-refractivity contribution in [1.82, 2.24) is 0 Å². The minimum absolute atomic E-state index is 0.0303. The maximum absolute atomic E-state index is 12.1. The Hall–Kier alpha value is -0.590. The molecule has 1 atom stereocenters. The Balaban J connectivity index is 2.03. The molecule has 1 fully saturated rings. The molecule has 0 saturated carbocycles. The van der Waals surface area contributed by atoms with E-state index in [2.05, 4.69) is 20.7 Å². The van der Waals surface area contributed by atoms with Crippen molar-refractivity contribution >= 4 is 31.6 Å². The van der Waals surface area contributed by atoms with Gasteiger partial charge in [-0.05, 0) is 49.9 Å². The van der Waals surface area contributed by atoms with E-state index < -0.39 is 10.0 Å². The molecule has 1 heterocycles. The van der Waals surface area contributed by atoms with Crippen LogP contribution < -0.4 is 4.72 Å². The predicted octanol–water partition coefficient (Wildman–Crippen LogP) is 3.07. The van der Waals surface area contributed by atoms with Crippen molar-refractivity contribution < 1.29 is 13.2 Å². The van der Waals surface area contributed by atoms with Crippen LogP contribution in [0.25, 0.3) is 0 Å². The first kappa shape index (κ1) is 14.8. The summed E-state index contributed by atoms with van der Waals surface area (Å²) in [5, 5.41) is 0. The highest BCUT2D eigenvalue weighted by Crippen LogP contribution is 2.22. The van der Waals surface area contributed by atoms with Crippen molar-refractivity contribution in [2.24, 2.45) is 0 Å². The number of hydrogen-bond acceptors (Lipinski definition) is 3. The van der Waals surface area contributed by atoms with Crippen molar-refractivity contribution in [3.05, 3.63) is 28.2 Å². The lowest BCUT2D eigenvalue weighted by atomic mass is 10.1. The molecule has 19 heavy (non-hydrogen) atoms. The molecule has 0 radical (unpaired) electrons. The Morgan fingerprint density at radius 3 is 2.84 bits per heavy atom. The highest BCUT2D eigenvalue weighted by atomic mass is 79.9. The Kier molecular flexibility index (Phi) is 4.86. The van der Waals surface area contributed by atoms with Gasteiger partial charge in [0.15, 0.2) is 0 Å². The summed E-state index contributed by atoms with van der Waals surface area (Å²) in [4.78, 5) is 0. The lowest BCUT2D eigenvalue weighted by molar-refractivity contribution is 0.0306. The highest BCUT2D eigenvalue weighted by molar-refractivity contribution is 9.10. The van der Waals surface area contributed by atoms with Crippen molar-refractivity contribution in [2.45, 2.75) is 32.3 Å². The zero-order valence-corrected chi connectivity index (χ0v) is 13.3. The van der Waals surface area contributed by atoms with E-state index >= 15 is 0 Å². The quantitative estimate of drug-likeness (QED) is 0.910. The number of benzene rings is 1. The van der Waals surface area contributed by atoms with Crippen molar-refractivity contribution in [1.29, 1.82) is 0 Å². The van der Waals surface area contributed by atoms with Gasteiger partial charge in [-0.25, -0.2) is 8.42 Å². The number of sulfonamides is 1. The Labute approximate surface area is 122 Å². The lowest BCUT2D eigenvalue weighted by Crippen LogP contribution is -2.31. The van der Waals surface area contributed by atoms with E-state index in [1.165, 1.54) is 0 Å². The molecule has 0 spiro atoms. The minimum atomic E-state index is -3.36. The summed E-state index contributed by atoms with van der Waals surface area (Å²) >= 11 is 3.36. The summed E-state index contributed by atoms with van der Waals surface area (Å²) in [6.45, 7) is 2.54. The number of anilines is 1. The van der Waals surface area contributed by atoms with Gasteiger partial charge >= 0.3 is 0 Å². The molecule has 2 rings (SSSR count). The maximum Gasteiger partial charge on any atom is 0.235 e. The Morgan fingerprint density at radius 1 is 1.42 bits per heavy atom. The van der Waals surface area contributed by atoms with Crippen LogP contribution in [0.4, 0.5) is 5.69 Å². The van der Waals surface area contributed by atoms with E-state index in [4.69, 9.17) is 4.74 Å². The van der Waals surface area contributed by atoms with E-state index in [1.807, 2.05) is 19.1 Å². The molecule has 1 N–H and O–H groups in total. The molecular formula is C13H18BrNO3S. The van der Waals surface area contributed by atoms with Gasteiger partial charge in [0, 0.05) is 11.1 Å². The zero-order valence-electron chi connectivity index (χ0n) is 10.9. The van der Waals surface area contributed by atoms with Crippen LogP contribution in [0.15, 0.2) is 22.7 Å². The molecule has 106 valence electrons. The third-order valence-electron chi connectivity index (χ3n) is 3.13. The fraction of sp³-hybridized carbons (Fsp3) is 0.538. The maximum atomic E-state index is 12.1. The van der Waals surface area contributed by atoms with Crippen molar-refractivity contribution in [3.63, 3.8) is 0 Å². The summed E-state index contributed by atoms with van der Waals surface area (Å²) < 4.78 is 33.2. The van der Waals surface area contributed by atoms with Crippen molar-refractivity contribution in [3.8, 4) is 0 Å². The summed E-state index contributed by atoms with van der Waals surface area (Å²) in [5.41, 5.74) is 1.52. The van der Waals surface area contributed by atoms with Gasteiger partial charge in [0.05, 0.1) is 17.5 Å². The van der Waals surface area contributed by atoms with Crippen LogP contribution in [0.3, 0.4) is 0 Å². The fourth-order valence-electron chi connectivity index (χ4n) is 2.13. The first-order valence-corrected chi connectivity index (χ1v) is 8.79. The lowest BCUT2D eigenvalue weighted by Gasteiger charge is -2.22. The second kappa shape index (κ2) is 6.24. The summed E-state index contributed by atoms with van der Waals surface area (Å²) in [7, 11) is -3.36. The molecule has 0 bridgehead atoms.